The highest BCUT2D eigenvalue weighted by Gasteiger charge is 2.32. The molecule has 330 valence electrons. The number of imidazole rings is 1. The van der Waals surface area contributed by atoms with Crippen LogP contribution in [0.2, 0.25) is 0 Å². The van der Waals surface area contributed by atoms with Crippen LogP contribution in [0.4, 0.5) is 14.5 Å². The van der Waals surface area contributed by atoms with E-state index < -0.39 is 24.1 Å². The van der Waals surface area contributed by atoms with Crippen molar-refractivity contribution in [2.45, 2.75) is 108 Å². The van der Waals surface area contributed by atoms with Gasteiger partial charge < -0.3 is 19.4 Å². The lowest BCUT2D eigenvalue weighted by molar-refractivity contribution is -0.132. The van der Waals surface area contributed by atoms with Crippen molar-refractivity contribution in [3.05, 3.63) is 82.1 Å². The van der Waals surface area contributed by atoms with Crippen molar-refractivity contribution < 1.29 is 32.3 Å². The number of benzene rings is 1. The maximum Gasteiger partial charge on any atom is 0.329 e. The number of oxazole rings is 1. The van der Waals surface area contributed by atoms with Gasteiger partial charge in [0.25, 0.3) is 12.3 Å². The fourth-order valence-electron chi connectivity index (χ4n) is 9.11. The molecule has 4 aromatic heterocycles. The number of anilines is 1. The molecule has 1 unspecified atom stereocenters. The van der Waals surface area contributed by atoms with Crippen molar-refractivity contribution in [3.63, 3.8) is 0 Å². The zero-order valence-corrected chi connectivity index (χ0v) is 35.6. The zero-order valence-electron chi connectivity index (χ0n) is 35.6. The van der Waals surface area contributed by atoms with Crippen LogP contribution in [-0.2, 0) is 34.2 Å². The number of alkyl halides is 2. The van der Waals surface area contributed by atoms with Crippen molar-refractivity contribution in [2.75, 3.05) is 38.7 Å². The second kappa shape index (κ2) is 19.4. The molecule has 0 aliphatic heterocycles. The van der Waals surface area contributed by atoms with Crippen LogP contribution in [0.15, 0.2) is 58.2 Å². The summed E-state index contributed by atoms with van der Waals surface area (Å²) in [6.07, 6.45) is 12.7. The van der Waals surface area contributed by atoms with Crippen LogP contribution < -0.4 is 11.0 Å². The first-order valence-corrected chi connectivity index (χ1v) is 22.1. The van der Waals surface area contributed by atoms with Gasteiger partial charge in [-0.2, -0.15) is 5.10 Å². The number of carbonyl (C=O) groups excluding carboxylic acids is 3. The third-order valence-corrected chi connectivity index (χ3v) is 12.9. The van der Waals surface area contributed by atoms with Gasteiger partial charge in [0, 0.05) is 50.3 Å². The Bertz CT molecular complexity index is 2440. The molecule has 14 nitrogen and oxygen atoms in total. The summed E-state index contributed by atoms with van der Waals surface area (Å²) in [7, 11) is 3.82. The highest BCUT2D eigenvalue weighted by molar-refractivity contribution is 6.04. The number of aryl methyl sites for hydroxylation is 3. The van der Waals surface area contributed by atoms with E-state index in [9.17, 15) is 28.0 Å². The number of aromatic nitrogens is 6. The summed E-state index contributed by atoms with van der Waals surface area (Å²) >= 11 is 0. The number of para-hydroxylation sites is 1. The minimum atomic E-state index is -2.86. The summed E-state index contributed by atoms with van der Waals surface area (Å²) in [5.74, 6) is 0.657. The van der Waals surface area contributed by atoms with Crippen LogP contribution in [0.1, 0.15) is 123 Å². The largest absolute Gasteiger partial charge is 0.444 e. The number of likely N-dealkylation sites (N-methyl/N-ethyl adjacent to an activating group) is 1. The minimum absolute atomic E-state index is 0.00978. The third-order valence-electron chi connectivity index (χ3n) is 12.9. The third kappa shape index (κ3) is 10.1. The Morgan fingerprint density at radius 2 is 1.79 bits per heavy atom. The van der Waals surface area contributed by atoms with E-state index in [1.165, 1.54) is 25.3 Å². The van der Waals surface area contributed by atoms with E-state index in [4.69, 9.17) is 9.15 Å². The average molecular weight is 855 g/mol. The molecule has 3 fully saturated rings. The lowest BCUT2D eigenvalue weighted by Gasteiger charge is -2.30. The number of ether oxygens (including phenoxy) is 1. The summed E-state index contributed by atoms with van der Waals surface area (Å²) in [6, 6.07) is 8.84. The molecule has 3 aliphatic carbocycles. The molecular weight excluding hydrogens is 799 g/mol. The molecular formula is C46H56F2N8O6. The van der Waals surface area contributed by atoms with Gasteiger partial charge in [-0.25, -0.2) is 18.6 Å². The van der Waals surface area contributed by atoms with Crippen molar-refractivity contribution in [1.29, 1.82) is 0 Å². The summed E-state index contributed by atoms with van der Waals surface area (Å²) < 4.78 is 44.7. The molecule has 8 rings (SSSR count). The second-order valence-corrected chi connectivity index (χ2v) is 17.4. The fraction of sp³-hybridized carbons (Fsp3) is 0.543. The van der Waals surface area contributed by atoms with E-state index in [1.807, 2.05) is 24.3 Å². The number of nitrogens with one attached hydrogen (secondary N) is 1. The number of nitrogens with zero attached hydrogens (tertiary/aromatic N) is 7. The number of amides is 1. The van der Waals surface area contributed by atoms with Gasteiger partial charge in [-0.1, -0.05) is 25.0 Å². The van der Waals surface area contributed by atoms with Gasteiger partial charge in [-0.05, 0) is 113 Å². The summed E-state index contributed by atoms with van der Waals surface area (Å²) in [5.41, 5.74) is 3.47. The number of pyridine rings is 1. The van der Waals surface area contributed by atoms with Crippen molar-refractivity contribution in [3.8, 4) is 11.5 Å². The van der Waals surface area contributed by atoms with Gasteiger partial charge in [0.05, 0.1) is 41.8 Å². The van der Waals surface area contributed by atoms with Crippen LogP contribution in [0, 0.1) is 11.8 Å². The number of Topliss-reactive ketones (excluding diaryl/α,β-unsaturated/α-hetero) is 2. The summed E-state index contributed by atoms with van der Waals surface area (Å²) in [6.45, 7) is 2.88. The molecule has 0 bridgehead atoms. The zero-order chi connectivity index (χ0) is 43.3. The van der Waals surface area contributed by atoms with Crippen LogP contribution in [0.3, 0.4) is 0 Å². The first-order chi connectivity index (χ1) is 30.0. The number of hydrogen-bond acceptors (Lipinski definition) is 10. The van der Waals surface area contributed by atoms with E-state index in [0.717, 1.165) is 99.1 Å². The Morgan fingerprint density at radius 1 is 1.00 bits per heavy atom. The smallest absolute Gasteiger partial charge is 0.329 e. The molecule has 62 heavy (non-hydrogen) atoms. The number of carbonyl (C=O) groups is 3. The number of fused-ring (bicyclic) bond motifs is 1. The Morgan fingerprint density at radius 3 is 2.56 bits per heavy atom. The highest BCUT2D eigenvalue weighted by atomic mass is 19.3. The molecule has 0 spiro atoms. The Hall–Kier alpha value is -5.35. The topological polar surface area (TPSA) is 159 Å². The van der Waals surface area contributed by atoms with Gasteiger partial charge in [0.1, 0.15) is 12.0 Å². The predicted molar refractivity (Wildman–Crippen MR) is 228 cm³/mol. The fourth-order valence-corrected chi connectivity index (χ4v) is 9.11. The van der Waals surface area contributed by atoms with Crippen molar-refractivity contribution in [1.82, 2.24) is 33.8 Å². The standard InChI is InChI=1S/C46H56F2N8O6/c1-53(22-24-61-23-4-6-31-5-3-7-39-42(31)54(2)46(60)56(39)38-17-16-35(57)26-40(38)58)21-19-30-11-14-34(15-12-30)55-27-36(41(52-55)43(47)48)50-44(59)37-28-62-45(51-37)32-18-20-49-33(25-32)13-10-29-8-9-29/h3,5,7,18,20,25,27-30,34,38,43H,4,6,8-17,19,21-24,26H2,1-2H3,(H,50,59). The van der Waals surface area contributed by atoms with E-state index >= 15 is 0 Å². The number of rotatable bonds is 19. The molecule has 1 N–H and O–H groups in total. The minimum Gasteiger partial charge on any atom is -0.444 e. The van der Waals surface area contributed by atoms with Gasteiger partial charge in [-0.15, -0.1) is 0 Å². The molecule has 0 saturated heterocycles. The molecule has 1 amide bonds. The normalized spacial score (nSPS) is 19.6. The van der Waals surface area contributed by atoms with Crippen LogP contribution >= 0.6 is 0 Å². The van der Waals surface area contributed by atoms with Crippen LogP contribution in [-0.4, -0.2) is 84.6 Å². The Kier molecular flexibility index (Phi) is 13.5. The molecule has 3 saturated carbocycles. The first kappa shape index (κ1) is 43.3. The Labute approximate surface area is 359 Å². The Balaban J connectivity index is 0.751. The van der Waals surface area contributed by atoms with Crippen LogP contribution in [0.5, 0.6) is 0 Å². The average Bonchev–Trinajstić information content (AvgIpc) is 3.67. The lowest BCUT2D eigenvalue weighted by atomic mass is 9.84. The van der Waals surface area contributed by atoms with E-state index in [-0.39, 0.29) is 47.0 Å². The highest BCUT2D eigenvalue weighted by Crippen LogP contribution is 2.37. The SMILES string of the molecule is CN(CCOCCCc1cccc2c1n(C)c(=O)n2C1CCC(=O)CC1=O)CCC1CCC(n2cc(NC(=O)c3coc(-c4ccnc(CCC5CC5)c4)n3)c(C(F)F)n2)CC1. The van der Waals surface area contributed by atoms with Crippen molar-refractivity contribution >= 4 is 34.2 Å². The molecule has 0 radical (unpaired) electrons. The molecule has 4 heterocycles. The van der Waals surface area contributed by atoms with Crippen molar-refractivity contribution in [2.24, 2.45) is 18.9 Å². The monoisotopic (exact) mass is 854 g/mol. The lowest BCUT2D eigenvalue weighted by Crippen LogP contribution is -2.34. The number of hydrogen-bond donors (Lipinski definition) is 1. The van der Waals surface area contributed by atoms with Gasteiger partial charge >= 0.3 is 5.69 Å². The van der Waals surface area contributed by atoms with E-state index in [0.29, 0.717) is 37.5 Å². The van der Waals surface area contributed by atoms with Gasteiger partial charge in [0.2, 0.25) is 5.89 Å². The molecule has 1 atom stereocenters. The molecule has 1 aromatic carbocycles. The molecule has 3 aliphatic rings. The molecule has 16 heteroatoms. The van der Waals surface area contributed by atoms with Gasteiger partial charge in [0.15, 0.2) is 17.2 Å². The quantitative estimate of drug-likeness (QED) is 0.0645. The summed E-state index contributed by atoms with van der Waals surface area (Å²) in [5, 5.41) is 6.84. The first-order valence-electron chi connectivity index (χ1n) is 22.1. The summed E-state index contributed by atoms with van der Waals surface area (Å²) in [4.78, 5) is 62.0. The van der Waals surface area contributed by atoms with Gasteiger partial charge in [-0.3, -0.25) is 33.2 Å². The number of halogens is 2. The van der Waals surface area contributed by atoms with E-state index in [1.54, 1.807) is 33.1 Å². The maximum atomic E-state index is 14.1. The number of ketones is 2. The molecule has 5 aromatic rings. The second-order valence-electron chi connectivity index (χ2n) is 17.4. The maximum absolute atomic E-state index is 14.1. The van der Waals surface area contributed by atoms with E-state index in [2.05, 4.69) is 32.3 Å². The predicted octanol–water partition coefficient (Wildman–Crippen LogP) is 7.68. The van der Waals surface area contributed by atoms with Crippen LogP contribution in [0.25, 0.3) is 22.5 Å².